The maximum Gasteiger partial charge on any atom is 0.418 e. The highest BCUT2D eigenvalue weighted by Gasteiger charge is 2.37. The van der Waals surface area contributed by atoms with Gasteiger partial charge in [0.2, 0.25) is 11.7 Å². The first-order valence-corrected chi connectivity index (χ1v) is 9.07. The van der Waals surface area contributed by atoms with Gasteiger partial charge in [0.1, 0.15) is 18.1 Å². The molecular weight excluding hydrogens is 389 g/mol. The summed E-state index contributed by atoms with van der Waals surface area (Å²) in [5.41, 5.74) is 9.63. The van der Waals surface area contributed by atoms with Gasteiger partial charge in [-0.2, -0.15) is 13.2 Å². The Labute approximate surface area is 171 Å². The molecular formula is C19H29F3N4O3. The second-order valence-electron chi connectivity index (χ2n) is 6.73. The topological polar surface area (TPSA) is 113 Å². The van der Waals surface area contributed by atoms with Gasteiger partial charge in [0, 0.05) is 37.2 Å². The highest BCUT2D eigenvalue weighted by atomic mass is 19.4. The number of rotatable bonds is 6. The third-order valence-corrected chi connectivity index (χ3v) is 4.77. The van der Waals surface area contributed by atoms with Crippen LogP contribution >= 0.6 is 0 Å². The lowest BCUT2D eigenvalue weighted by atomic mass is 9.93. The van der Waals surface area contributed by atoms with Crippen molar-refractivity contribution in [2.75, 3.05) is 25.6 Å². The fourth-order valence-corrected chi connectivity index (χ4v) is 3.12. The first-order valence-electron chi connectivity index (χ1n) is 9.07. The minimum atomic E-state index is -4.77. The van der Waals surface area contributed by atoms with Crippen LogP contribution in [0.15, 0.2) is 30.5 Å². The maximum absolute atomic E-state index is 13.4. The second kappa shape index (κ2) is 8.75. The van der Waals surface area contributed by atoms with Crippen molar-refractivity contribution in [1.29, 1.82) is 0 Å². The highest BCUT2D eigenvalue weighted by molar-refractivity contribution is 6.11. The second-order valence-corrected chi connectivity index (χ2v) is 6.73. The molecule has 3 heterocycles. The number of hydrogen-bond donors (Lipinski definition) is 2. The summed E-state index contributed by atoms with van der Waals surface area (Å²) in [6.45, 7) is 1.29. The number of carbonyl (C=O) groups is 1. The van der Waals surface area contributed by atoms with Crippen molar-refractivity contribution in [3.05, 3.63) is 47.3 Å². The Kier molecular flexibility index (Phi) is 6.33. The van der Waals surface area contributed by atoms with E-state index in [1.54, 1.807) is 0 Å². The van der Waals surface area contributed by atoms with Gasteiger partial charge in [-0.25, -0.2) is 9.97 Å². The number of pyridine rings is 2. The summed E-state index contributed by atoms with van der Waals surface area (Å²) in [5.74, 6) is -1.09. The Morgan fingerprint density at radius 1 is 1.31 bits per heavy atom. The number of alkyl halides is 3. The molecule has 0 amide bonds. The number of aromatic nitrogens is 2. The molecule has 164 valence electrons. The van der Waals surface area contributed by atoms with E-state index in [4.69, 9.17) is 20.9 Å². The van der Waals surface area contributed by atoms with Gasteiger partial charge in [-0.3, -0.25) is 4.79 Å². The molecule has 2 aromatic heterocycles. The molecule has 4 N–H and O–H groups in total. The Morgan fingerprint density at radius 3 is 2.69 bits per heavy atom. The molecule has 0 aliphatic carbocycles. The smallest absolute Gasteiger partial charge is 0.418 e. The molecule has 1 unspecified atom stereocenters. The summed E-state index contributed by atoms with van der Waals surface area (Å²) >= 11 is 0. The molecule has 0 bridgehead atoms. The number of halogens is 3. The molecule has 0 radical (unpaired) electrons. The predicted octanol–water partition coefficient (Wildman–Crippen LogP) is 3.43. The average molecular weight is 418 g/mol. The Morgan fingerprint density at radius 2 is 2.03 bits per heavy atom. The Bertz CT molecular complexity index is 888. The van der Waals surface area contributed by atoms with E-state index in [2.05, 4.69) is 9.97 Å². The van der Waals surface area contributed by atoms with Crippen LogP contribution in [0.3, 0.4) is 0 Å². The third kappa shape index (κ3) is 5.01. The van der Waals surface area contributed by atoms with Crippen LogP contribution in [0, 0.1) is 5.92 Å². The van der Waals surface area contributed by atoms with E-state index in [0.717, 1.165) is 25.0 Å². The third-order valence-electron chi connectivity index (χ3n) is 4.77. The van der Waals surface area contributed by atoms with Gasteiger partial charge in [0.25, 0.3) is 0 Å². The molecule has 29 heavy (non-hydrogen) atoms. The molecule has 1 aliphatic heterocycles. The fraction of sp³-hybridized carbons (Fsp3) is 0.421. The first-order chi connectivity index (χ1) is 13.8. The summed E-state index contributed by atoms with van der Waals surface area (Å²) < 4.78 is 51.0. The first kappa shape index (κ1) is 21.0. The van der Waals surface area contributed by atoms with E-state index in [9.17, 15) is 18.0 Å². The summed E-state index contributed by atoms with van der Waals surface area (Å²) in [7, 11) is 0. The van der Waals surface area contributed by atoms with Crippen LogP contribution in [0.5, 0.6) is 5.88 Å². The quantitative estimate of drug-likeness (QED) is 0.691. The normalized spacial score (nSPS) is 16.4. The lowest BCUT2D eigenvalue weighted by molar-refractivity contribution is -0.138. The van der Waals surface area contributed by atoms with Gasteiger partial charge >= 0.3 is 6.18 Å². The molecule has 1 aliphatic rings. The van der Waals surface area contributed by atoms with Gasteiger partial charge < -0.3 is 20.9 Å². The van der Waals surface area contributed by atoms with Crippen LogP contribution in [0.25, 0.3) is 0 Å². The number of nitrogen functional groups attached to an aromatic ring is 1. The van der Waals surface area contributed by atoms with Crippen molar-refractivity contribution in [2.24, 2.45) is 11.7 Å². The number of carbonyl (C=O) groups excluding carboxylic acids is 1. The standard InChI is InChI=1S/C19H21F3N4O3.4H2/c20-19(21,22)13-3-4-15(29-10-14(23)11-5-8-28-9-6-11)26-16(13)17(27)12-2-1-7-25-18(12)24;;;;/h1-4,7,11,14H,5-6,8-10,23H2,(H2,24,25);4*1H. The SMILES string of the molecule is Nc1ncccc1C(=O)c1nc(OCC(N)C2CCOCC2)ccc1C(F)(F)F.[HH].[HH].[HH].[HH]. The van der Waals surface area contributed by atoms with Crippen molar-refractivity contribution in [3.63, 3.8) is 0 Å². The monoisotopic (exact) mass is 418 g/mol. The molecule has 7 nitrogen and oxygen atoms in total. The minimum absolute atomic E-state index is 0. The lowest BCUT2D eigenvalue weighted by Gasteiger charge is -2.27. The molecule has 1 saturated heterocycles. The maximum atomic E-state index is 13.4. The minimum Gasteiger partial charge on any atom is -0.476 e. The van der Waals surface area contributed by atoms with E-state index in [1.165, 1.54) is 18.3 Å². The van der Waals surface area contributed by atoms with Crippen molar-refractivity contribution in [2.45, 2.75) is 25.1 Å². The van der Waals surface area contributed by atoms with Gasteiger partial charge in [0.05, 0.1) is 11.1 Å². The molecule has 0 saturated carbocycles. The van der Waals surface area contributed by atoms with Gasteiger partial charge in [-0.05, 0) is 37.0 Å². The zero-order valence-corrected chi connectivity index (χ0v) is 15.5. The zero-order valence-electron chi connectivity index (χ0n) is 15.5. The van der Waals surface area contributed by atoms with Crippen molar-refractivity contribution in [3.8, 4) is 5.88 Å². The van der Waals surface area contributed by atoms with E-state index >= 15 is 0 Å². The zero-order chi connectivity index (χ0) is 21.0. The number of anilines is 1. The van der Waals surface area contributed by atoms with Crippen LogP contribution in [0.2, 0.25) is 0 Å². The summed E-state index contributed by atoms with van der Waals surface area (Å²) in [4.78, 5) is 20.3. The van der Waals surface area contributed by atoms with E-state index in [-0.39, 0.29) is 41.5 Å². The molecule has 1 fully saturated rings. The predicted molar refractivity (Wildman–Crippen MR) is 107 cm³/mol. The van der Waals surface area contributed by atoms with Crippen LogP contribution in [-0.2, 0) is 10.9 Å². The fourth-order valence-electron chi connectivity index (χ4n) is 3.12. The Hall–Kier alpha value is -2.72. The van der Waals surface area contributed by atoms with Crippen LogP contribution in [-0.4, -0.2) is 41.6 Å². The van der Waals surface area contributed by atoms with E-state index in [0.29, 0.717) is 13.2 Å². The summed E-state index contributed by atoms with van der Waals surface area (Å²) in [6, 6.07) is 4.21. The Balaban J connectivity index is 0. The lowest BCUT2D eigenvalue weighted by Crippen LogP contribution is -2.39. The molecule has 0 aromatic carbocycles. The number of ether oxygens (including phenoxy) is 2. The summed E-state index contributed by atoms with van der Waals surface area (Å²) in [5, 5.41) is 0. The average Bonchev–Trinajstić information content (AvgIpc) is 2.71. The van der Waals surface area contributed by atoms with E-state index in [1.807, 2.05) is 0 Å². The number of nitrogens with zero attached hydrogens (tertiary/aromatic N) is 2. The van der Waals surface area contributed by atoms with Gasteiger partial charge in [0.15, 0.2) is 0 Å². The largest absolute Gasteiger partial charge is 0.476 e. The van der Waals surface area contributed by atoms with Gasteiger partial charge in [-0.15, -0.1) is 0 Å². The van der Waals surface area contributed by atoms with E-state index < -0.39 is 23.2 Å². The van der Waals surface area contributed by atoms with Gasteiger partial charge in [-0.1, -0.05) is 0 Å². The molecule has 0 spiro atoms. The highest BCUT2D eigenvalue weighted by Crippen LogP contribution is 2.34. The number of nitrogens with two attached hydrogens (primary N) is 2. The number of ketones is 1. The summed E-state index contributed by atoms with van der Waals surface area (Å²) in [6.07, 6.45) is -1.86. The van der Waals surface area contributed by atoms with Crippen molar-refractivity contribution in [1.82, 2.24) is 9.97 Å². The van der Waals surface area contributed by atoms with Crippen LogP contribution < -0.4 is 16.2 Å². The van der Waals surface area contributed by atoms with Crippen LogP contribution in [0.1, 0.15) is 40.2 Å². The van der Waals surface area contributed by atoms with Crippen molar-refractivity contribution >= 4 is 11.6 Å². The molecule has 10 heteroatoms. The molecule has 1 atom stereocenters. The van der Waals surface area contributed by atoms with Crippen LogP contribution in [0.4, 0.5) is 19.0 Å². The molecule has 3 rings (SSSR count). The molecule has 2 aromatic rings. The number of hydrogen-bond acceptors (Lipinski definition) is 7. The van der Waals surface area contributed by atoms with Crippen molar-refractivity contribution < 1.29 is 33.1 Å².